The Balaban J connectivity index is 0.00000507. The maximum absolute atomic E-state index is 13.4. The average molecular weight is 761 g/mol. The summed E-state index contributed by atoms with van der Waals surface area (Å²) in [5, 5.41) is 11.8. The summed E-state index contributed by atoms with van der Waals surface area (Å²) in [7, 11) is 0. The Labute approximate surface area is 265 Å². The van der Waals surface area contributed by atoms with Crippen LogP contribution in [0.4, 0.5) is 0 Å². The smallest absolute Gasteiger partial charge is 0.331 e. The van der Waals surface area contributed by atoms with Crippen LogP contribution in [0.3, 0.4) is 0 Å². The van der Waals surface area contributed by atoms with E-state index in [2.05, 4.69) is 11.9 Å². The number of cyclic esters (lactones) is 1. The van der Waals surface area contributed by atoms with Crippen LogP contribution in [-0.4, -0.2) is 52.2 Å². The molecular weight excluding hydrogens is 721 g/mol. The number of nitrogens with zero attached hydrogens (tertiary/aromatic N) is 1. The van der Waals surface area contributed by atoms with E-state index in [1.54, 1.807) is 26.8 Å². The van der Waals surface area contributed by atoms with E-state index in [0.717, 1.165) is 24.8 Å². The van der Waals surface area contributed by atoms with E-state index in [1.165, 1.54) is 17.4 Å². The maximum atomic E-state index is 13.4. The van der Waals surface area contributed by atoms with E-state index < -0.39 is 29.5 Å². The number of hydrogen-bond acceptors (Lipinski definition) is 9. The van der Waals surface area contributed by atoms with Crippen molar-refractivity contribution in [1.29, 1.82) is 0 Å². The summed E-state index contributed by atoms with van der Waals surface area (Å²) >= 11 is 1.37. The molecule has 1 aromatic rings. The molecule has 3 rings (SSSR count). The minimum atomic E-state index is -0.959. The van der Waals surface area contributed by atoms with Crippen LogP contribution in [0.5, 0.6) is 0 Å². The molecule has 3 heterocycles. The van der Waals surface area contributed by atoms with Gasteiger partial charge >= 0.3 is 5.97 Å². The number of carbonyl (C=O) groups is 3. The van der Waals surface area contributed by atoms with Crippen LogP contribution in [0.2, 0.25) is 0 Å². The number of ether oxygens (including phenoxy) is 3. The van der Waals surface area contributed by atoms with Gasteiger partial charge in [0.25, 0.3) is 6.47 Å². The van der Waals surface area contributed by atoms with E-state index in [0.29, 0.717) is 23.6 Å². The van der Waals surface area contributed by atoms with Gasteiger partial charge in [-0.2, -0.15) is 0 Å². The Bertz CT molecular complexity index is 1050. The normalized spacial score (nSPS) is 33.3. The molecule has 1 radical (unpaired) electrons. The second-order valence-electron chi connectivity index (χ2n) is 11.1. The first-order valence-corrected chi connectivity index (χ1v) is 13.7. The molecule has 0 saturated carbocycles. The number of fused-ring (bicyclic) bond motifs is 1. The Morgan fingerprint density at radius 2 is 2.00 bits per heavy atom. The zero-order chi connectivity index (χ0) is 27.4. The largest absolute Gasteiger partial charge is 0.464 e. The van der Waals surface area contributed by atoms with Crippen LogP contribution in [0.25, 0.3) is 6.08 Å². The number of hydrogen-bond donors (Lipinski definition) is 1. The number of epoxide rings is 1. The molecule has 10 heteroatoms. The molecule has 1 aromatic heterocycles. The third-order valence-corrected chi connectivity index (χ3v) is 8.45. The van der Waals surface area contributed by atoms with E-state index in [4.69, 9.17) is 14.2 Å². The molecule has 1 N–H and O–H groups in total. The molecule has 207 valence electrons. The topological polar surface area (TPSA) is 115 Å². The van der Waals surface area contributed by atoms with Gasteiger partial charge in [0.15, 0.2) is 0 Å². The summed E-state index contributed by atoms with van der Waals surface area (Å²) in [4.78, 5) is 41.8. The minimum absolute atomic E-state index is 0. The van der Waals surface area contributed by atoms with Gasteiger partial charge in [0.05, 0.1) is 29.9 Å². The van der Waals surface area contributed by atoms with E-state index in [-0.39, 0.29) is 74.1 Å². The van der Waals surface area contributed by atoms with Gasteiger partial charge in [-0.3, -0.25) is 9.59 Å². The summed E-state index contributed by atoms with van der Waals surface area (Å²) in [6.45, 7) is 11.5. The molecule has 0 aliphatic carbocycles. The minimum Gasteiger partial charge on any atom is -0.464 e. The van der Waals surface area contributed by atoms with Crippen LogP contribution < -0.4 is 0 Å². The molecule has 2 aliphatic heterocycles. The quantitative estimate of drug-likeness (QED) is 0.263. The first kappa shape index (κ1) is 33.3. The van der Waals surface area contributed by atoms with Gasteiger partial charge in [0.1, 0.15) is 23.0 Å². The number of carbonyl (C=O) groups excluding carboxylic acids is 3. The summed E-state index contributed by atoms with van der Waals surface area (Å²) in [6, 6.07) is 0. The van der Waals surface area contributed by atoms with Gasteiger partial charge in [-0.25, -0.2) is 9.78 Å². The zero-order valence-corrected chi connectivity index (χ0v) is 28.7. The Hall–Kier alpha value is -0.918. The van der Waals surface area contributed by atoms with Crippen molar-refractivity contribution in [3.63, 3.8) is 0 Å². The molecule has 8 nitrogen and oxygen atoms in total. The molecular formula is C28H39AcNO7S. The monoisotopic (exact) mass is 760 g/mol. The van der Waals surface area contributed by atoms with Gasteiger partial charge in [-0.1, -0.05) is 26.3 Å². The van der Waals surface area contributed by atoms with Gasteiger partial charge < -0.3 is 19.3 Å². The summed E-state index contributed by atoms with van der Waals surface area (Å²) in [6.07, 6.45) is 6.52. The predicted molar refractivity (Wildman–Crippen MR) is 141 cm³/mol. The fraction of sp³-hybridized carbons (Fsp3) is 0.643. The predicted octanol–water partition coefficient (Wildman–Crippen LogP) is 4.65. The van der Waals surface area contributed by atoms with Crippen LogP contribution in [0.1, 0.15) is 77.9 Å². The van der Waals surface area contributed by atoms with Crippen LogP contribution in [0.15, 0.2) is 23.1 Å². The van der Waals surface area contributed by atoms with Crippen molar-refractivity contribution in [2.24, 2.45) is 17.3 Å². The first-order chi connectivity index (χ1) is 17.4. The standard InChI is InChI=1S/C28H39NO7S.Ac/c1-17-8-7-10-28(6)22(36-28)13-21(18(2)12-20-15-37-23(14-30)29-20)35-24(32)9-11-27(4,5)26(33)19(3)25(17)34-16-31;/h9,11-12,15-17,19,21-22,25,30H,7-8,10,13-14H2,1-6H3;/b11-9+,18-12+;. The number of aliphatic hydroxyl groups excluding tert-OH is 1. The molecule has 2 aliphatic rings. The van der Waals surface area contributed by atoms with Crippen molar-refractivity contribution >= 4 is 35.6 Å². The van der Waals surface area contributed by atoms with Crippen molar-refractivity contribution in [2.45, 2.75) is 97.7 Å². The third kappa shape index (κ3) is 8.54. The number of thiazole rings is 1. The average Bonchev–Trinajstić information content (AvgIpc) is 3.25. The van der Waals surface area contributed by atoms with Crippen LogP contribution >= 0.6 is 11.3 Å². The zero-order valence-electron chi connectivity index (χ0n) is 23.1. The fourth-order valence-corrected chi connectivity index (χ4v) is 5.75. The molecule has 6 atom stereocenters. The Kier molecular flexibility index (Phi) is 12.4. The molecule has 38 heavy (non-hydrogen) atoms. The van der Waals surface area contributed by atoms with Gasteiger partial charge in [0, 0.05) is 67.4 Å². The van der Waals surface area contributed by atoms with Gasteiger partial charge in [-0.05, 0) is 58.1 Å². The number of ketones is 1. The molecule has 0 aromatic carbocycles. The van der Waals surface area contributed by atoms with Gasteiger partial charge in [0.2, 0.25) is 0 Å². The van der Waals surface area contributed by atoms with E-state index >= 15 is 0 Å². The number of allylic oxidation sites excluding steroid dienone is 1. The molecule has 1 saturated heterocycles. The molecule has 0 bridgehead atoms. The van der Waals surface area contributed by atoms with Crippen molar-refractivity contribution in [1.82, 2.24) is 4.98 Å². The second kappa shape index (κ2) is 14.1. The van der Waals surface area contributed by atoms with E-state index in [1.807, 2.05) is 25.3 Å². The van der Waals surface area contributed by atoms with Crippen LogP contribution in [-0.2, 0) is 35.2 Å². The Morgan fingerprint density at radius 1 is 1.29 bits per heavy atom. The first-order valence-electron chi connectivity index (χ1n) is 12.8. The molecule has 6 unspecified atom stereocenters. The second-order valence-corrected chi connectivity index (χ2v) is 12.0. The summed E-state index contributed by atoms with van der Waals surface area (Å²) in [5.41, 5.74) is 0.236. The SMILES string of the molecule is C/C(=C\c1csc(CO)n1)C1CC2OC2(C)CCCC(C)C(OC=O)C(C)C(=O)C(C)(C)/C=C/C(=O)O1.[Ac]. The number of aromatic nitrogens is 1. The maximum Gasteiger partial charge on any atom is 0.331 e. The summed E-state index contributed by atoms with van der Waals surface area (Å²) in [5.74, 6) is -1.22. The van der Waals surface area contributed by atoms with E-state index in [9.17, 15) is 19.5 Å². The van der Waals surface area contributed by atoms with Crippen molar-refractivity contribution in [2.75, 3.05) is 0 Å². The number of Topliss-reactive ketones (excluding diaryl/α,β-unsaturated/α-hetero) is 1. The van der Waals surface area contributed by atoms with Crippen LogP contribution in [0, 0.1) is 61.3 Å². The van der Waals surface area contributed by atoms with Gasteiger partial charge in [-0.15, -0.1) is 11.3 Å². The third-order valence-electron chi connectivity index (χ3n) is 7.59. The fourth-order valence-electron chi connectivity index (χ4n) is 5.14. The summed E-state index contributed by atoms with van der Waals surface area (Å²) < 4.78 is 17.3. The van der Waals surface area contributed by atoms with Crippen molar-refractivity contribution in [3.8, 4) is 0 Å². The van der Waals surface area contributed by atoms with Crippen molar-refractivity contribution < 1.29 is 77.8 Å². The molecule has 0 amide bonds. The number of aliphatic hydroxyl groups is 1. The van der Waals surface area contributed by atoms with Crippen molar-refractivity contribution in [3.05, 3.63) is 33.8 Å². The number of esters is 1. The number of rotatable bonds is 5. The molecule has 1 fully saturated rings. The molecule has 0 spiro atoms. The Morgan fingerprint density at radius 3 is 2.63 bits per heavy atom.